The molecule has 0 saturated carbocycles. The van der Waals surface area contributed by atoms with Crippen LogP contribution < -0.4 is 0 Å². The van der Waals surface area contributed by atoms with Gasteiger partial charge in [0, 0.05) is 6.42 Å². The predicted octanol–water partition coefficient (Wildman–Crippen LogP) is 2.27. The van der Waals surface area contributed by atoms with Gasteiger partial charge in [-0.05, 0) is 12.7 Å². The maximum Gasteiger partial charge on any atom is 0.146 e. The van der Waals surface area contributed by atoms with Crippen LogP contribution in [-0.4, -0.2) is 17.8 Å². The molecule has 58 valence electrons. The van der Waals surface area contributed by atoms with Crippen molar-refractivity contribution in [2.75, 3.05) is 12.0 Å². The summed E-state index contributed by atoms with van der Waals surface area (Å²) in [4.78, 5) is 10.9. The van der Waals surface area contributed by atoms with E-state index in [2.05, 4.69) is 6.58 Å². The van der Waals surface area contributed by atoms with Crippen molar-refractivity contribution in [3.8, 4) is 0 Å². The Kier molecular flexibility index (Phi) is 5.40. The molecule has 0 rings (SSSR count). The normalized spacial score (nSPS) is 9.40. The quantitative estimate of drug-likeness (QED) is 0.571. The smallest absolute Gasteiger partial charge is 0.146 e. The van der Waals surface area contributed by atoms with E-state index in [9.17, 15) is 4.79 Å². The van der Waals surface area contributed by atoms with E-state index in [0.717, 1.165) is 12.0 Å². The van der Waals surface area contributed by atoms with Crippen molar-refractivity contribution >= 4 is 17.5 Å². The van der Waals surface area contributed by atoms with E-state index in [4.69, 9.17) is 0 Å². The van der Waals surface area contributed by atoms with E-state index in [1.165, 1.54) is 0 Å². The van der Waals surface area contributed by atoms with Crippen LogP contribution >= 0.6 is 11.8 Å². The van der Waals surface area contributed by atoms with Gasteiger partial charge in [-0.1, -0.05) is 19.1 Å². The van der Waals surface area contributed by atoms with Crippen molar-refractivity contribution < 1.29 is 4.79 Å². The molecule has 0 aliphatic carbocycles. The fraction of sp³-hybridized carbons (Fsp3) is 0.625. The number of carbonyl (C=O) groups excluding carboxylic acids is 1. The number of Topliss-reactive ketones (excluding diaryl/α,β-unsaturated/α-hetero) is 1. The number of hydrogen-bond acceptors (Lipinski definition) is 2. The molecule has 10 heavy (non-hydrogen) atoms. The van der Waals surface area contributed by atoms with Crippen LogP contribution in [0.3, 0.4) is 0 Å². The van der Waals surface area contributed by atoms with Crippen molar-refractivity contribution in [3.05, 3.63) is 12.2 Å². The first-order chi connectivity index (χ1) is 4.70. The summed E-state index contributed by atoms with van der Waals surface area (Å²) in [7, 11) is 0. The van der Waals surface area contributed by atoms with Gasteiger partial charge in [-0.2, -0.15) is 11.8 Å². The van der Waals surface area contributed by atoms with Crippen LogP contribution in [0, 0.1) is 0 Å². The molecule has 0 saturated heterocycles. The van der Waals surface area contributed by atoms with Crippen LogP contribution in [0.1, 0.15) is 19.8 Å². The molecule has 0 fully saturated rings. The van der Waals surface area contributed by atoms with Gasteiger partial charge in [0.15, 0.2) is 0 Å². The zero-order valence-electron chi connectivity index (χ0n) is 6.64. The molecule has 0 amide bonds. The number of ketones is 1. The lowest BCUT2D eigenvalue weighted by Gasteiger charge is -1.98. The van der Waals surface area contributed by atoms with Crippen LogP contribution in [0.15, 0.2) is 12.2 Å². The first kappa shape index (κ1) is 9.76. The monoisotopic (exact) mass is 158 g/mol. The number of carbonyl (C=O) groups is 1. The lowest BCUT2D eigenvalue weighted by Crippen LogP contribution is -2.01. The topological polar surface area (TPSA) is 17.1 Å². The third kappa shape index (κ3) is 4.62. The van der Waals surface area contributed by atoms with Gasteiger partial charge in [0.05, 0.1) is 5.75 Å². The summed E-state index contributed by atoms with van der Waals surface area (Å²) in [6.45, 7) is 5.79. The largest absolute Gasteiger partial charge is 0.298 e. The minimum absolute atomic E-state index is 0.291. The molecule has 0 aromatic heterocycles. The van der Waals surface area contributed by atoms with Crippen molar-refractivity contribution in [1.29, 1.82) is 0 Å². The third-order valence-corrected chi connectivity index (χ3v) is 1.86. The van der Waals surface area contributed by atoms with Crippen LogP contribution in [0.4, 0.5) is 0 Å². The highest BCUT2D eigenvalue weighted by molar-refractivity contribution is 7.99. The van der Waals surface area contributed by atoms with Gasteiger partial charge in [-0.25, -0.2) is 0 Å². The summed E-state index contributed by atoms with van der Waals surface area (Å²) in [5.41, 5.74) is 1.04. The average molecular weight is 158 g/mol. The minimum atomic E-state index is 0.291. The molecule has 0 spiro atoms. The van der Waals surface area contributed by atoms with Crippen LogP contribution in [-0.2, 0) is 4.79 Å². The van der Waals surface area contributed by atoms with Crippen LogP contribution in [0.5, 0.6) is 0 Å². The summed E-state index contributed by atoms with van der Waals surface area (Å²) in [6.07, 6.45) is 3.42. The van der Waals surface area contributed by atoms with E-state index in [-0.39, 0.29) is 0 Å². The Hall–Kier alpha value is -0.240. The van der Waals surface area contributed by atoms with Gasteiger partial charge in [0.1, 0.15) is 5.78 Å². The second-order valence-electron chi connectivity index (χ2n) is 2.25. The van der Waals surface area contributed by atoms with E-state index in [0.29, 0.717) is 18.0 Å². The van der Waals surface area contributed by atoms with Gasteiger partial charge in [-0.15, -0.1) is 0 Å². The SMILES string of the molecule is C=C(CC)CC(=O)CSC. The van der Waals surface area contributed by atoms with E-state index in [1.807, 2.05) is 13.2 Å². The standard InChI is InChI=1S/C8H14OS/c1-4-7(2)5-8(9)6-10-3/h2,4-6H2,1,3H3. The molecule has 2 heteroatoms. The molecule has 1 nitrogen and oxygen atoms in total. The molecular weight excluding hydrogens is 144 g/mol. The highest BCUT2D eigenvalue weighted by Crippen LogP contribution is 2.05. The van der Waals surface area contributed by atoms with Crippen molar-refractivity contribution in [2.45, 2.75) is 19.8 Å². The Morgan fingerprint density at radius 2 is 2.20 bits per heavy atom. The zero-order valence-corrected chi connectivity index (χ0v) is 7.46. The summed E-state index contributed by atoms with van der Waals surface area (Å²) >= 11 is 1.57. The summed E-state index contributed by atoms with van der Waals surface area (Å²) in [5.74, 6) is 0.915. The van der Waals surface area contributed by atoms with Gasteiger partial charge in [0.2, 0.25) is 0 Å². The van der Waals surface area contributed by atoms with Crippen LogP contribution in [0.25, 0.3) is 0 Å². The van der Waals surface area contributed by atoms with Crippen LogP contribution in [0.2, 0.25) is 0 Å². The van der Waals surface area contributed by atoms with E-state index >= 15 is 0 Å². The number of rotatable bonds is 5. The summed E-state index contributed by atoms with van der Waals surface area (Å²) in [6, 6.07) is 0. The Morgan fingerprint density at radius 1 is 1.60 bits per heavy atom. The molecule has 0 aromatic rings. The molecular formula is C8H14OS. The molecule has 0 unspecified atom stereocenters. The molecule has 0 aliphatic rings. The number of allylic oxidation sites excluding steroid dienone is 1. The van der Waals surface area contributed by atoms with Gasteiger partial charge in [-0.3, -0.25) is 4.79 Å². The summed E-state index contributed by atoms with van der Waals surface area (Å²) < 4.78 is 0. The molecule has 0 aliphatic heterocycles. The van der Waals surface area contributed by atoms with Crippen molar-refractivity contribution in [1.82, 2.24) is 0 Å². The zero-order chi connectivity index (χ0) is 7.98. The highest BCUT2D eigenvalue weighted by atomic mass is 32.2. The maximum atomic E-state index is 10.9. The lowest BCUT2D eigenvalue weighted by atomic mass is 10.1. The molecule has 0 radical (unpaired) electrons. The van der Waals surface area contributed by atoms with Crippen molar-refractivity contribution in [2.24, 2.45) is 0 Å². The fourth-order valence-corrected chi connectivity index (χ4v) is 1.04. The van der Waals surface area contributed by atoms with Crippen molar-refractivity contribution in [3.63, 3.8) is 0 Å². The Bertz CT molecular complexity index is 129. The average Bonchev–Trinajstić information content (AvgIpc) is 1.88. The second-order valence-corrected chi connectivity index (χ2v) is 3.12. The molecule has 0 atom stereocenters. The Morgan fingerprint density at radius 3 is 2.60 bits per heavy atom. The fourth-order valence-electron chi connectivity index (χ4n) is 0.616. The molecule has 0 aromatic carbocycles. The summed E-state index contributed by atoms with van der Waals surface area (Å²) in [5, 5.41) is 0. The molecule has 0 N–H and O–H groups in total. The maximum absolute atomic E-state index is 10.9. The van der Waals surface area contributed by atoms with Gasteiger partial charge >= 0.3 is 0 Å². The number of thioether (sulfide) groups is 1. The van der Waals surface area contributed by atoms with E-state index < -0.39 is 0 Å². The number of hydrogen-bond donors (Lipinski definition) is 0. The minimum Gasteiger partial charge on any atom is -0.298 e. The predicted molar refractivity (Wildman–Crippen MR) is 47.4 cm³/mol. The Balaban J connectivity index is 3.47. The van der Waals surface area contributed by atoms with Gasteiger partial charge in [0.25, 0.3) is 0 Å². The molecule has 0 heterocycles. The lowest BCUT2D eigenvalue weighted by molar-refractivity contribution is -0.116. The molecule has 0 bridgehead atoms. The highest BCUT2D eigenvalue weighted by Gasteiger charge is 2.00. The first-order valence-corrected chi connectivity index (χ1v) is 4.77. The van der Waals surface area contributed by atoms with Gasteiger partial charge < -0.3 is 0 Å². The first-order valence-electron chi connectivity index (χ1n) is 3.38. The Labute approximate surface area is 66.9 Å². The third-order valence-electron chi connectivity index (χ3n) is 1.25. The van der Waals surface area contributed by atoms with E-state index in [1.54, 1.807) is 11.8 Å². The second kappa shape index (κ2) is 5.54.